The summed E-state index contributed by atoms with van der Waals surface area (Å²) in [5.74, 6) is 0. The van der Waals surface area contributed by atoms with E-state index in [0.717, 1.165) is 33.4 Å². The molecule has 2 aromatic carbocycles. The van der Waals surface area contributed by atoms with Gasteiger partial charge in [-0.2, -0.15) is 5.10 Å². The first kappa shape index (κ1) is 14.7. The van der Waals surface area contributed by atoms with E-state index >= 15 is 0 Å². The molecule has 0 spiro atoms. The van der Waals surface area contributed by atoms with E-state index in [1.165, 1.54) is 5.56 Å². The molecule has 0 radical (unpaired) electrons. The number of aromatic amines is 2. The number of hydrogen-bond donors (Lipinski definition) is 4. The molecule has 0 bridgehead atoms. The van der Waals surface area contributed by atoms with E-state index in [1.54, 1.807) is 6.20 Å². The van der Waals surface area contributed by atoms with Crippen molar-refractivity contribution in [3.8, 4) is 22.5 Å². The SMILES string of the molecule is Cc1ccc(-c2cc3c(-c4ccn[nH]4)ccc(C(N)O)c3[nH]2)cc1. The number of nitrogens with zero attached hydrogens (tertiary/aromatic N) is 1. The molecule has 0 aliphatic carbocycles. The van der Waals surface area contributed by atoms with Crippen LogP contribution in [0.15, 0.2) is 54.7 Å². The molecule has 5 N–H and O–H groups in total. The lowest BCUT2D eigenvalue weighted by Gasteiger charge is -2.09. The largest absolute Gasteiger partial charge is 0.374 e. The van der Waals surface area contributed by atoms with Gasteiger partial charge in [-0.05, 0) is 24.6 Å². The number of nitrogens with two attached hydrogens (primary N) is 1. The summed E-state index contributed by atoms with van der Waals surface area (Å²) in [7, 11) is 0. The molecule has 1 unspecified atom stereocenters. The number of hydrogen-bond acceptors (Lipinski definition) is 3. The van der Waals surface area contributed by atoms with Crippen LogP contribution in [-0.4, -0.2) is 20.3 Å². The molecule has 0 saturated carbocycles. The molecule has 120 valence electrons. The molecule has 0 aliphatic heterocycles. The van der Waals surface area contributed by atoms with Gasteiger partial charge in [0.25, 0.3) is 0 Å². The van der Waals surface area contributed by atoms with Gasteiger partial charge < -0.3 is 15.8 Å². The van der Waals surface area contributed by atoms with Crippen LogP contribution >= 0.6 is 0 Å². The molecule has 4 aromatic rings. The average molecular weight is 318 g/mol. The van der Waals surface area contributed by atoms with E-state index in [9.17, 15) is 5.11 Å². The highest BCUT2D eigenvalue weighted by Gasteiger charge is 2.15. The number of aliphatic hydroxyl groups is 1. The van der Waals surface area contributed by atoms with Crippen molar-refractivity contribution in [1.29, 1.82) is 0 Å². The lowest BCUT2D eigenvalue weighted by Crippen LogP contribution is -2.09. The number of benzene rings is 2. The summed E-state index contributed by atoms with van der Waals surface area (Å²) in [6, 6.07) is 16.1. The van der Waals surface area contributed by atoms with Crippen LogP contribution in [0.25, 0.3) is 33.4 Å². The summed E-state index contributed by atoms with van der Waals surface area (Å²) in [5.41, 5.74) is 12.5. The second-order valence-electron chi connectivity index (χ2n) is 5.96. The van der Waals surface area contributed by atoms with Crippen molar-refractivity contribution in [1.82, 2.24) is 15.2 Å². The molecule has 0 amide bonds. The second-order valence-corrected chi connectivity index (χ2v) is 5.96. The van der Waals surface area contributed by atoms with Crippen molar-refractivity contribution in [3.63, 3.8) is 0 Å². The van der Waals surface area contributed by atoms with Gasteiger partial charge in [0, 0.05) is 28.4 Å². The summed E-state index contributed by atoms with van der Waals surface area (Å²) in [6.45, 7) is 2.06. The zero-order valence-electron chi connectivity index (χ0n) is 13.2. The van der Waals surface area contributed by atoms with E-state index in [4.69, 9.17) is 5.73 Å². The maximum Gasteiger partial charge on any atom is 0.130 e. The van der Waals surface area contributed by atoms with Crippen molar-refractivity contribution in [2.24, 2.45) is 5.73 Å². The monoisotopic (exact) mass is 318 g/mol. The zero-order chi connectivity index (χ0) is 16.7. The Morgan fingerprint density at radius 3 is 2.50 bits per heavy atom. The summed E-state index contributed by atoms with van der Waals surface area (Å²) in [5, 5.41) is 17.9. The van der Waals surface area contributed by atoms with Gasteiger partial charge in [0.2, 0.25) is 0 Å². The first-order valence-corrected chi connectivity index (χ1v) is 7.79. The van der Waals surface area contributed by atoms with Crippen molar-refractivity contribution in [2.45, 2.75) is 13.2 Å². The van der Waals surface area contributed by atoms with E-state index in [1.807, 2.05) is 18.2 Å². The number of rotatable bonds is 3. The minimum atomic E-state index is -1.03. The van der Waals surface area contributed by atoms with Crippen LogP contribution in [-0.2, 0) is 0 Å². The first-order valence-electron chi connectivity index (χ1n) is 7.79. The number of nitrogens with one attached hydrogen (secondary N) is 2. The molecular weight excluding hydrogens is 300 g/mol. The Morgan fingerprint density at radius 1 is 1.04 bits per heavy atom. The molecule has 4 rings (SSSR count). The third-order valence-corrected chi connectivity index (χ3v) is 4.30. The van der Waals surface area contributed by atoms with Gasteiger partial charge in [-0.3, -0.25) is 5.10 Å². The fourth-order valence-electron chi connectivity index (χ4n) is 3.02. The lowest BCUT2D eigenvalue weighted by atomic mass is 10.0. The van der Waals surface area contributed by atoms with Crippen molar-refractivity contribution >= 4 is 10.9 Å². The number of aromatic nitrogens is 3. The first-order chi connectivity index (χ1) is 11.6. The molecule has 2 aromatic heterocycles. The van der Waals surface area contributed by atoms with Crippen molar-refractivity contribution in [2.75, 3.05) is 0 Å². The van der Waals surface area contributed by atoms with Gasteiger partial charge in [-0.25, -0.2) is 0 Å². The highest BCUT2D eigenvalue weighted by atomic mass is 16.3. The Morgan fingerprint density at radius 2 is 1.83 bits per heavy atom. The Labute approximate surface area is 139 Å². The molecule has 24 heavy (non-hydrogen) atoms. The van der Waals surface area contributed by atoms with Crippen LogP contribution in [0.2, 0.25) is 0 Å². The number of H-pyrrole nitrogens is 2. The topological polar surface area (TPSA) is 90.7 Å². The maximum absolute atomic E-state index is 9.90. The molecule has 5 nitrogen and oxygen atoms in total. The highest BCUT2D eigenvalue weighted by Crippen LogP contribution is 2.34. The molecule has 5 heteroatoms. The quantitative estimate of drug-likeness (QED) is 0.436. The normalized spacial score (nSPS) is 12.6. The van der Waals surface area contributed by atoms with Gasteiger partial charge in [-0.1, -0.05) is 42.0 Å². The van der Waals surface area contributed by atoms with Crippen LogP contribution in [0.1, 0.15) is 17.4 Å². The smallest absolute Gasteiger partial charge is 0.130 e. The molecule has 0 fully saturated rings. The van der Waals surface area contributed by atoms with E-state index in [2.05, 4.69) is 52.4 Å². The molecule has 0 aliphatic rings. The minimum Gasteiger partial charge on any atom is -0.374 e. The van der Waals surface area contributed by atoms with Gasteiger partial charge in [-0.15, -0.1) is 0 Å². The Bertz CT molecular complexity index is 982. The van der Waals surface area contributed by atoms with Crippen LogP contribution in [0, 0.1) is 6.92 Å². The predicted molar refractivity (Wildman–Crippen MR) is 95.2 cm³/mol. The number of aryl methyl sites for hydroxylation is 1. The molecular formula is C19H18N4O. The minimum absolute atomic E-state index is 0.673. The Hall–Kier alpha value is -2.89. The van der Waals surface area contributed by atoms with E-state index in [-0.39, 0.29) is 0 Å². The fraction of sp³-hybridized carbons (Fsp3) is 0.105. The lowest BCUT2D eigenvalue weighted by molar-refractivity contribution is 0.187. The third kappa shape index (κ3) is 2.40. The maximum atomic E-state index is 9.90. The van der Waals surface area contributed by atoms with Gasteiger partial charge in [0.05, 0.1) is 11.2 Å². The standard InChI is InChI=1S/C19H18N4O/c1-11-2-4-12(5-3-11)17-10-15-13(16-8-9-21-23-16)6-7-14(19(20)24)18(15)22-17/h2-10,19,22,24H,20H2,1H3,(H,21,23). The summed E-state index contributed by atoms with van der Waals surface area (Å²) >= 11 is 0. The van der Waals surface area contributed by atoms with Crippen LogP contribution in [0.3, 0.4) is 0 Å². The van der Waals surface area contributed by atoms with Crippen LogP contribution < -0.4 is 5.73 Å². The van der Waals surface area contributed by atoms with Crippen LogP contribution in [0.4, 0.5) is 0 Å². The van der Waals surface area contributed by atoms with Crippen LogP contribution in [0.5, 0.6) is 0 Å². The Balaban J connectivity index is 1.97. The van der Waals surface area contributed by atoms with E-state index in [0.29, 0.717) is 5.56 Å². The van der Waals surface area contributed by atoms with E-state index < -0.39 is 6.23 Å². The molecule has 1 atom stereocenters. The molecule has 2 heterocycles. The number of aliphatic hydroxyl groups excluding tert-OH is 1. The van der Waals surface area contributed by atoms with Gasteiger partial charge in [0.1, 0.15) is 6.23 Å². The summed E-state index contributed by atoms with van der Waals surface area (Å²) < 4.78 is 0. The third-order valence-electron chi connectivity index (χ3n) is 4.30. The average Bonchev–Trinajstić information content (AvgIpc) is 3.24. The van der Waals surface area contributed by atoms with Gasteiger partial charge in [0.15, 0.2) is 0 Å². The van der Waals surface area contributed by atoms with Gasteiger partial charge >= 0.3 is 0 Å². The second kappa shape index (κ2) is 5.63. The fourth-order valence-corrected chi connectivity index (χ4v) is 3.02. The predicted octanol–water partition coefficient (Wildman–Crippen LogP) is 3.48. The Kier molecular flexibility index (Phi) is 3.45. The molecule has 0 saturated heterocycles. The van der Waals surface area contributed by atoms with Crippen molar-refractivity contribution in [3.05, 3.63) is 65.9 Å². The summed E-state index contributed by atoms with van der Waals surface area (Å²) in [6.07, 6.45) is 0.688. The zero-order valence-corrected chi connectivity index (χ0v) is 13.2. The van der Waals surface area contributed by atoms with Crippen molar-refractivity contribution < 1.29 is 5.11 Å². The summed E-state index contributed by atoms with van der Waals surface area (Å²) in [4.78, 5) is 3.41. The highest BCUT2D eigenvalue weighted by molar-refractivity contribution is 5.99. The number of fused-ring (bicyclic) bond motifs is 1.